The molecule has 1 aromatic carbocycles. The Morgan fingerprint density at radius 3 is 2.22 bits per heavy atom. The molecule has 0 unspecified atom stereocenters. The minimum Gasteiger partial charge on any atom is -0.289 e. The second kappa shape index (κ2) is 6.68. The molecule has 3 nitrogen and oxygen atoms in total. The van der Waals surface area contributed by atoms with Gasteiger partial charge in [0, 0.05) is 35.0 Å². The molecule has 3 rings (SSSR count). The van der Waals surface area contributed by atoms with E-state index in [2.05, 4.69) is 4.98 Å². The van der Waals surface area contributed by atoms with E-state index in [1.54, 1.807) is 6.92 Å². The van der Waals surface area contributed by atoms with Gasteiger partial charge in [0.25, 0.3) is 0 Å². The first-order valence-corrected chi connectivity index (χ1v) is 7.96. The van der Waals surface area contributed by atoms with Crippen molar-refractivity contribution in [2.75, 3.05) is 0 Å². The van der Waals surface area contributed by atoms with Crippen LogP contribution in [0.2, 0.25) is 0 Å². The van der Waals surface area contributed by atoms with Gasteiger partial charge in [-0.1, -0.05) is 6.92 Å². The van der Waals surface area contributed by atoms with Gasteiger partial charge in [-0.2, -0.15) is 13.2 Å². The Balaban J connectivity index is 2.04. The van der Waals surface area contributed by atoms with Crippen LogP contribution in [-0.4, -0.2) is 16.6 Å². The topological polar surface area (TPSA) is 47.0 Å². The van der Waals surface area contributed by atoms with Crippen molar-refractivity contribution in [3.8, 4) is 0 Å². The molecule has 0 bridgehead atoms. The third kappa shape index (κ3) is 3.27. The average molecular weight is 381 g/mol. The fourth-order valence-electron chi connectivity index (χ4n) is 2.99. The highest BCUT2D eigenvalue weighted by Crippen LogP contribution is 2.33. The molecule has 140 valence electrons. The molecule has 1 aromatic heterocycles. The van der Waals surface area contributed by atoms with E-state index in [1.165, 1.54) is 0 Å². The molecule has 1 aliphatic carbocycles. The van der Waals surface area contributed by atoms with E-state index in [-0.39, 0.29) is 35.2 Å². The number of carbonyl (C=O) groups is 2. The lowest BCUT2D eigenvalue weighted by Gasteiger charge is -2.21. The van der Waals surface area contributed by atoms with Crippen molar-refractivity contribution in [2.24, 2.45) is 0 Å². The first kappa shape index (κ1) is 18.9. The van der Waals surface area contributed by atoms with Crippen molar-refractivity contribution < 1.29 is 31.5 Å². The van der Waals surface area contributed by atoms with Gasteiger partial charge in [0.05, 0.1) is 11.1 Å². The Labute approximate surface area is 150 Å². The molecule has 0 saturated heterocycles. The highest BCUT2D eigenvalue weighted by Gasteiger charge is 2.35. The van der Waals surface area contributed by atoms with Crippen LogP contribution in [-0.2, 0) is 12.6 Å². The first-order valence-electron chi connectivity index (χ1n) is 7.96. The number of hydrogen-bond donors (Lipinski definition) is 0. The van der Waals surface area contributed by atoms with Crippen LogP contribution in [0.5, 0.6) is 0 Å². The zero-order chi connectivity index (χ0) is 19.9. The summed E-state index contributed by atoms with van der Waals surface area (Å²) in [6.45, 7) is 1.62. The normalized spacial score (nSPS) is 14.6. The Hall–Kier alpha value is -2.90. The molecular formula is C19H12F5NO2. The molecule has 1 aliphatic rings. The van der Waals surface area contributed by atoms with Gasteiger partial charge >= 0.3 is 6.18 Å². The van der Waals surface area contributed by atoms with E-state index in [9.17, 15) is 31.5 Å². The molecule has 2 aromatic rings. The summed E-state index contributed by atoms with van der Waals surface area (Å²) in [6, 6.07) is 3.71. The minimum absolute atomic E-state index is 0.0910. The highest BCUT2D eigenvalue weighted by atomic mass is 19.4. The zero-order valence-corrected chi connectivity index (χ0v) is 14.0. The number of alkyl halides is 3. The summed E-state index contributed by atoms with van der Waals surface area (Å²) >= 11 is 0. The van der Waals surface area contributed by atoms with Crippen LogP contribution in [0.1, 0.15) is 45.3 Å². The number of carbonyl (C=O) groups excluding carboxylic acids is 2. The van der Waals surface area contributed by atoms with E-state index >= 15 is 0 Å². The molecule has 0 fully saturated rings. The monoisotopic (exact) mass is 381 g/mol. The van der Waals surface area contributed by atoms with Crippen LogP contribution >= 0.6 is 0 Å². The Bertz CT molecular complexity index is 975. The van der Waals surface area contributed by atoms with Crippen LogP contribution < -0.4 is 0 Å². The van der Waals surface area contributed by atoms with Crippen molar-refractivity contribution in [1.29, 1.82) is 0 Å². The van der Waals surface area contributed by atoms with Crippen molar-refractivity contribution in [1.82, 2.24) is 4.98 Å². The van der Waals surface area contributed by atoms with Gasteiger partial charge < -0.3 is 0 Å². The number of nitrogens with zero attached hydrogens (tertiary/aromatic N) is 1. The van der Waals surface area contributed by atoms with Gasteiger partial charge in [-0.15, -0.1) is 0 Å². The van der Waals surface area contributed by atoms with Gasteiger partial charge in [-0.05, 0) is 30.7 Å². The van der Waals surface area contributed by atoms with Crippen molar-refractivity contribution >= 4 is 11.6 Å². The summed E-state index contributed by atoms with van der Waals surface area (Å²) in [5.74, 6) is -4.14. The molecule has 0 amide bonds. The Morgan fingerprint density at radius 2 is 1.67 bits per heavy atom. The number of ketones is 2. The number of pyridine rings is 1. The molecule has 8 heteroatoms. The lowest BCUT2D eigenvalue weighted by Crippen LogP contribution is -2.25. The van der Waals surface area contributed by atoms with Crippen molar-refractivity contribution in [3.05, 3.63) is 75.6 Å². The van der Waals surface area contributed by atoms with Crippen molar-refractivity contribution in [2.45, 2.75) is 25.9 Å². The predicted octanol–water partition coefficient (Wildman–Crippen LogP) is 4.71. The smallest absolute Gasteiger partial charge is 0.289 e. The number of rotatable bonds is 3. The van der Waals surface area contributed by atoms with E-state index in [4.69, 9.17) is 0 Å². The number of fused-ring (bicyclic) bond motifs is 1. The molecule has 0 radical (unpaired) electrons. The quantitative estimate of drug-likeness (QED) is 0.724. The highest BCUT2D eigenvalue weighted by molar-refractivity contribution is 6.27. The third-order valence-corrected chi connectivity index (χ3v) is 4.34. The molecule has 0 aliphatic heterocycles. The maximum atomic E-state index is 14.1. The maximum Gasteiger partial charge on any atom is 0.417 e. The summed E-state index contributed by atoms with van der Waals surface area (Å²) in [5, 5.41) is 0. The maximum absolute atomic E-state index is 14.1. The summed E-state index contributed by atoms with van der Waals surface area (Å²) in [7, 11) is 0. The molecule has 1 heterocycles. The van der Waals surface area contributed by atoms with Gasteiger partial charge in [0.15, 0.2) is 23.2 Å². The lowest BCUT2D eigenvalue weighted by molar-refractivity contribution is -0.137. The van der Waals surface area contributed by atoms with Gasteiger partial charge in [-0.25, -0.2) is 8.78 Å². The van der Waals surface area contributed by atoms with E-state index < -0.39 is 40.5 Å². The van der Waals surface area contributed by atoms with E-state index in [0.29, 0.717) is 6.20 Å². The molecular weight excluding hydrogens is 369 g/mol. The number of aromatic nitrogens is 1. The average Bonchev–Trinajstić information content (AvgIpc) is 2.61. The number of benzene rings is 1. The van der Waals surface area contributed by atoms with Gasteiger partial charge in [0.2, 0.25) is 0 Å². The van der Waals surface area contributed by atoms with Crippen LogP contribution in [0.25, 0.3) is 0 Å². The lowest BCUT2D eigenvalue weighted by atomic mass is 9.81. The molecule has 27 heavy (non-hydrogen) atoms. The number of allylic oxidation sites excluding steroid dienone is 2. The summed E-state index contributed by atoms with van der Waals surface area (Å²) in [6.07, 6.45) is -4.05. The molecule has 0 spiro atoms. The van der Waals surface area contributed by atoms with Crippen LogP contribution in [0, 0.1) is 11.6 Å². The van der Waals surface area contributed by atoms with Crippen LogP contribution in [0.15, 0.2) is 41.6 Å². The largest absolute Gasteiger partial charge is 0.417 e. The Morgan fingerprint density at radius 1 is 0.963 bits per heavy atom. The number of halogens is 5. The first-order chi connectivity index (χ1) is 12.6. The second-order valence-electron chi connectivity index (χ2n) is 5.97. The van der Waals surface area contributed by atoms with Crippen LogP contribution in [0.4, 0.5) is 22.0 Å². The van der Waals surface area contributed by atoms with E-state index in [1.807, 2.05) is 0 Å². The minimum atomic E-state index is -4.56. The fraction of sp³-hybridized carbons (Fsp3) is 0.211. The van der Waals surface area contributed by atoms with E-state index in [0.717, 1.165) is 24.3 Å². The third-order valence-electron chi connectivity index (χ3n) is 4.34. The fourth-order valence-corrected chi connectivity index (χ4v) is 2.99. The Kier molecular flexibility index (Phi) is 4.67. The molecule has 0 saturated carbocycles. The van der Waals surface area contributed by atoms with Gasteiger partial charge in [0.1, 0.15) is 0 Å². The summed E-state index contributed by atoms with van der Waals surface area (Å²) < 4.78 is 65.5. The number of hydrogen-bond acceptors (Lipinski definition) is 3. The van der Waals surface area contributed by atoms with Crippen molar-refractivity contribution in [3.63, 3.8) is 0 Å². The SMILES string of the molecule is CCC1=C(Cc2ccc(C(F)(F)F)cn2)C(=O)c2c(ccc(F)c2F)C1=O. The summed E-state index contributed by atoms with van der Waals surface area (Å²) in [4.78, 5) is 29.0. The standard InChI is InChI=1S/C19H12F5NO2/c1-2-11-13(7-10-4-3-9(8-25-10)19(22,23)24)18(27)15-12(17(11)26)5-6-14(20)16(15)21/h3-6,8H,2,7H2,1H3. The summed E-state index contributed by atoms with van der Waals surface area (Å²) in [5.41, 5.74) is -1.71. The van der Waals surface area contributed by atoms with Crippen LogP contribution in [0.3, 0.4) is 0 Å². The zero-order valence-electron chi connectivity index (χ0n) is 14.0. The number of Topliss-reactive ketones (excluding diaryl/α,β-unsaturated/α-hetero) is 2. The molecule has 0 atom stereocenters. The van der Waals surface area contributed by atoms with Gasteiger partial charge in [-0.3, -0.25) is 14.6 Å². The second-order valence-corrected chi connectivity index (χ2v) is 5.97. The molecule has 0 N–H and O–H groups in total. The predicted molar refractivity (Wildman–Crippen MR) is 85.3 cm³/mol.